The van der Waals surface area contributed by atoms with E-state index in [9.17, 15) is 4.39 Å². The zero-order chi connectivity index (χ0) is 16.4. The van der Waals surface area contributed by atoms with Crippen molar-refractivity contribution < 1.29 is 9.13 Å². The Morgan fingerprint density at radius 3 is 2.67 bits per heavy atom. The predicted molar refractivity (Wildman–Crippen MR) is 92.1 cm³/mol. The van der Waals surface area contributed by atoms with Gasteiger partial charge in [0.25, 0.3) is 0 Å². The van der Waals surface area contributed by atoms with E-state index < -0.39 is 0 Å². The first kappa shape index (κ1) is 15.4. The summed E-state index contributed by atoms with van der Waals surface area (Å²) in [6.07, 6.45) is 3.85. The van der Waals surface area contributed by atoms with Crippen LogP contribution in [0.2, 0.25) is 0 Å². The SMILES string of the molecule is Fc1ccccc1Oc1cccc(N2CCCN(C3CC3)CC2)n1. The van der Waals surface area contributed by atoms with Crippen molar-refractivity contribution in [2.24, 2.45) is 0 Å². The van der Waals surface area contributed by atoms with Crippen molar-refractivity contribution in [2.45, 2.75) is 25.3 Å². The summed E-state index contributed by atoms with van der Waals surface area (Å²) in [7, 11) is 0. The minimum absolute atomic E-state index is 0.206. The zero-order valence-electron chi connectivity index (χ0n) is 13.7. The summed E-state index contributed by atoms with van der Waals surface area (Å²) in [5.41, 5.74) is 0. The monoisotopic (exact) mass is 327 g/mol. The topological polar surface area (TPSA) is 28.6 Å². The molecule has 5 heteroatoms. The summed E-state index contributed by atoms with van der Waals surface area (Å²) in [6.45, 7) is 4.24. The van der Waals surface area contributed by atoms with Crippen LogP contribution in [0.4, 0.5) is 10.2 Å². The van der Waals surface area contributed by atoms with Crippen molar-refractivity contribution in [3.05, 3.63) is 48.3 Å². The molecule has 1 saturated heterocycles. The Balaban J connectivity index is 1.47. The molecule has 1 aromatic carbocycles. The minimum atomic E-state index is -0.375. The first-order chi connectivity index (χ1) is 11.8. The van der Waals surface area contributed by atoms with Crippen molar-refractivity contribution in [2.75, 3.05) is 31.1 Å². The lowest BCUT2D eigenvalue weighted by Gasteiger charge is -2.23. The second-order valence-corrected chi connectivity index (χ2v) is 6.47. The quantitative estimate of drug-likeness (QED) is 0.856. The molecule has 1 aliphatic heterocycles. The molecule has 1 aromatic heterocycles. The van der Waals surface area contributed by atoms with Gasteiger partial charge in [0.1, 0.15) is 5.82 Å². The van der Waals surface area contributed by atoms with E-state index in [1.54, 1.807) is 24.3 Å². The van der Waals surface area contributed by atoms with Gasteiger partial charge in [-0.3, -0.25) is 4.90 Å². The van der Waals surface area contributed by atoms with Crippen LogP contribution in [0, 0.1) is 5.82 Å². The van der Waals surface area contributed by atoms with Crippen LogP contribution >= 0.6 is 0 Å². The van der Waals surface area contributed by atoms with Gasteiger partial charge in [0, 0.05) is 38.3 Å². The molecule has 4 nitrogen and oxygen atoms in total. The van der Waals surface area contributed by atoms with Gasteiger partial charge < -0.3 is 9.64 Å². The number of pyridine rings is 1. The molecule has 1 saturated carbocycles. The van der Waals surface area contributed by atoms with Crippen LogP contribution in [-0.4, -0.2) is 42.1 Å². The maximum Gasteiger partial charge on any atom is 0.221 e. The molecule has 0 amide bonds. The highest BCUT2D eigenvalue weighted by atomic mass is 19.1. The van der Waals surface area contributed by atoms with Crippen LogP contribution in [0.25, 0.3) is 0 Å². The molecule has 24 heavy (non-hydrogen) atoms. The van der Waals surface area contributed by atoms with Gasteiger partial charge >= 0.3 is 0 Å². The van der Waals surface area contributed by atoms with E-state index >= 15 is 0 Å². The standard InChI is InChI=1S/C19H22FN3O/c20-16-5-1-2-6-17(16)24-19-8-3-7-18(21-19)23-12-4-11-22(13-14-23)15-9-10-15/h1-3,5-8,15H,4,9-14H2. The van der Waals surface area contributed by atoms with Gasteiger partial charge in [-0.15, -0.1) is 0 Å². The fourth-order valence-corrected chi connectivity index (χ4v) is 3.25. The molecule has 1 aliphatic carbocycles. The van der Waals surface area contributed by atoms with Gasteiger partial charge in [-0.25, -0.2) is 4.39 Å². The number of hydrogen-bond acceptors (Lipinski definition) is 4. The summed E-state index contributed by atoms with van der Waals surface area (Å²) in [5.74, 6) is 1.17. The molecule has 0 spiro atoms. The van der Waals surface area contributed by atoms with Crippen molar-refractivity contribution >= 4 is 5.82 Å². The highest BCUT2D eigenvalue weighted by Gasteiger charge is 2.30. The molecule has 2 heterocycles. The van der Waals surface area contributed by atoms with Crippen LogP contribution < -0.4 is 9.64 Å². The molecule has 0 N–H and O–H groups in total. The second-order valence-electron chi connectivity index (χ2n) is 6.47. The van der Waals surface area contributed by atoms with Gasteiger partial charge in [-0.1, -0.05) is 18.2 Å². The van der Waals surface area contributed by atoms with E-state index in [0.717, 1.165) is 37.9 Å². The Kier molecular flexibility index (Phi) is 4.34. The van der Waals surface area contributed by atoms with Crippen LogP contribution in [0.3, 0.4) is 0 Å². The van der Waals surface area contributed by atoms with Crippen molar-refractivity contribution in [1.82, 2.24) is 9.88 Å². The summed E-state index contributed by atoms with van der Waals surface area (Å²) in [6, 6.07) is 12.9. The molecule has 4 rings (SSSR count). The largest absolute Gasteiger partial charge is 0.436 e. The van der Waals surface area contributed by atoms with E-state index in [0.29, 0.717) is 5.88 Å². The molecule has 0 unspecified atom stereocenters. The van der Waals surface area contributed by atoms with Gasteiger partial charge in [-0.2, -0.15) is 4.98 Å². The minimum Gasteiger partial charge on any atom is -0.436 e. The number of halogens is 1. The van der Waals surface area contributed by atoms with E-state index in [-0.39, 0.29) is 11.6 Å². The highest BCUT2D eigenvalue weighted by molar-refractivity contribution is 5.42. The van der Waals surface area contributed by atoms with Crippen molar-refractivity contribution in [3.8, 4) is 11.6 Å². The van der Waals surface area contributed by atoms with E-state index in [4.69, 9.17) is 4.74 Å². The number of rotatable bonds is 4. The van der Waals surface area contributed by atoms with Crippen LogP contribution in [0.15, 0.2) is 42.5 Å². The Morgan fingerprint density at radius 2 is 1.83 bits per heavy atom. The van der Waals surface area contributed by atoms with Crippen LogP contribution in [-0.2, 0) is 0 Å². The number of aromatic nitrogens is 1. The molecule has 126 valence electrons. The molecule has 2 fully saturated rings. The third-order valence-electron chi connectivity index (χ3n) is 4.68. The maximum atomic E-state index is 13.7. The summed E-state index contributed by atoms with van der Waals surface area (Å²) in [5, 5.41) is 0. The number of benzene rings is 1. The number of anilines is 1. The molecule has 2 aliphatic rings. The van der Waals surface area contributed by atoms with E-state index in [1.165, 1.54) is 25.5 Å². The Bertz CT molecular complexity index is 705. The van der Waals surface area contributed by atoms with Gasteiger partial charge in [-0.05, 0) is 37.5 Å². The van der Waals surface area contributed by atoms with E-state index in [1.807, 2.05) is 12.1 Å². The summed E-state index contributed by atoms with van der Waals surface area (Å²) >= 11 is 0. The zero-order valence-corrected chi connectivity index (χ0v) is 13.7. The molecule has 2 aromatic rings. The number of para-hydroxylation sites is 1. The lowest BCUT2D eigenvalue weighted by Crippen LogP contribution is -2.32. The van der Waals surface area contributed by atoms with Gasteiger partial charge in [0.15, 0.2) is 11.6 Å². The molecule has 0 radical (unpaired) electrons. The van der Waals surface area contributed by atoms with E-state index in [2.05, 4.69) is 14.8 Å². The summed E-state index contributed by atoms with van der Waals surface area (Å²) in [4.78, 5) is 9.48. The fraction of sp³-hybridized carbons (Fsp3) is 0.421. The molecule has 0 bridgehead atoms. The third-order valence-corrected chi connectivity index (χ3v) is 4.68. The smallest absolute Gasteiger partial charge is 0.221 e. The van der Waals surface area contributed by atoms with Crippen molar-refractivity contribution in [1.29, 1.82) is 0 Å². The lowest BCUT2D eigenvalue weighted by molar-refractivity contribution is 0.283. The average molecular weight is 327 g/mol. The maximum absolute atomic E-state index is 13.7. The van der Waals surface area contributed by atoms with Crippen molar-refractivity contribution in [3.63, 3.8) is 0 Å². The molecular weight excluding hydrogens is 305 g/mol. The summed E-state index contributed by atoms with van der Waals surface area (Å²) < 4.78 is 19.4. The number of nitrogens with zero attached hydrogens (tertiary/aromatic N) is 3. The lowest BCUT2D eigenvalue weighted by atomic mass is 10.3. The molecule has 0 atom stereocenters. The number of ether oxygens (including phenoxy) is 1. The highest BCUT2D eigenvalue weighted by Crippen LogP contribution is 2.29. The van der Waals surface area contributed by atoms with Crippen LogP contribution in [0.1, 0.15) is 19.3 Å². The normalized spacial score (nSPS) is 19.1. The Hall–Kier alpha value is -2.14. The van der Waals surface area contributed by atoms with Gasteiger partial charge in [0.05, 0.1) is 0 Å². The number of hydrogen-bond donors (Lipinski definition) is 0. The second kappa shape index (κ2) is 6.77. The first-order valence-corrected chi connectivity index (χ1v) is 8.68. The molecular formula is C19H22FN3O. The third kappa shape index (κ3) is 3.51. The first-order valence-electron chi connectivity index (χ1n) is 8.68. The average Bonchev–Trinajstić information content (AvgIpc) is 3.43. The predicted octanol–water partition coefficient (Wildman–Crippen LogP) is 3.69. The fourth-order valence-electron chi connectivity index (χ4n) is 3.25. The Morgan fingerprint density at radius 1 is 0.958 bits per heavy atom. The Labute approximate surface area is 141 Å². The van der Waals surface area contributed by atoms with Crippen LogP contribution in [0.5, 0.6) is 11.6 Å². The van der Waals surface area contributed by atoms with Gasteiger partial charge in [0.2, 0.25) is 5.88 Å².